The number of amides is 1. The monoisotopic (exact) mass is 508 g/mol. The van der Waals surface area contributed by atoms with E-state index >= 15 is 0 Å². The number of likely N-dealkylation sites (tertiary alicyclic amines) is 1. The lowest BCUT2D eigenvalue weighted by Crippen LogP contribution is -2.58. The van der Waals surface area contributed by atoms with Crippen LogP contribution in [-0.4, -0.2) is 43.0 Å². The minimum atomic E-state index is -0.348. The van der Waals surface area contributed by atoms with Crippen LogP contribution < -0.4 is 5.32 Å². The van der Waals surface area contributed by atoms with Crippen molar-refractivity contribution in [3.63, 3.8) is 0 Å². The van der Waals surface area contributed by atoms with Crippen LogP contribution in [0, 0.1) is 11.8 Å². The molecule has 6 rings (SSSR count). The van der Waals surface area contributed by atoms with E-state index in [2.05, 4.69) is 36.2 Å². The molecule has 5 nitrogen and oxygen atoms in total. The number of hydrogen-bond acceptors (Lipinski definition) is 4. The Kier molecular flexibility index (Phi) is 6.35. The molecule has 0 radical (unpaired) electrons. The van der Waals surface area contributed by atoms with Crippen molar-refractivity contribution in [1.82, 2.24) is 4.90 Å². The number of nitrogens with zero attached hydrogens (tertiary/aromatic N) is 1. The summed E-state index contributed by atoms with van der Waals surface area (Å²) < 4.78 is 4.77. The molecular weight excluding hydrogens is 472 g/mol. The summed E-state index contributed by atoms with van der Waals surface area (Å²) in [6.45, 7) is 7.26. The fourth-order valence-electron chi connectivity index (χ4n) is 6.57. The first-order chi connectivity index (χ1) is 18.4. The first kappa shape index (κ1) is 24.9. The zero-order chi connectivity index (χ0) is 26.4. The Morgan fingerprint density at radius 1 is 0.974 bits per heavy atom. The van der Waals surface area contributed by atoms with E-state index in [-0.39, 0.29) is 17.3 Å². The van der Waals surface area contributed by atoms with Crippen LogP contribution in [0.25, 0.3) is 11.1 Å². The van der Waals surface area contributed by atoms with Gasteiger partial charge in [-0.05, 0) is 108 Å². The maximum Gasteiger partial charge on any atom is 0.337 e. The molecule has 3 aromatic carbocycles. The largest absolute Gasteiger partial charge is 0.465 e. The Bertz CT molecular complexity index is 1360. The predicted molar refractivity (Wildman–Crippen MR) is 151 cm³/mol. The van der Waals surface area contributed by atoms with Crippen LogP contribution in [-0.2, 0) is 16.6 Å². The number of piperidine rings is 1. The Hall–Kier alpha value is -3.44. The highest BCUT2D eigenvalue weighted by Gasteiger charge is 2.49. The molecule has 5 heteroatoms. The lowest BCUT2D eigenvalue weighted by atomic mass is 9.59. The van der Waals surface area contributed by atoms with E-state index < -0.39 is 0 Å². The van der Waals surface area contributed by atoms with Gasteiger partial charge in [0.2, 0.25) is 0 Å². The molecule has 2 aliphatic carbocycles. The normalized spacial score (nSPS) is 24.4. The van der Waals surface area contributed by atoms with Crippen molar-refractivity contribution < 1.29 is 14.3 Å². The molecule has 3 aromatic rings. The van der Waals surface area contributed by atoms with Gasteiger partial charge in [0.05, 0.1) is 12.7 Å². The first-order valence-corrected chi connectivity index (χ1v) is 13.8. The molecule has 1 aliphatic heterocycles. The summed E-state index contributed by atoms with van der Waals surface area (Å²) in [5.74, 6) is 1.07. The highest BCUT2D eigenvalue weighted by molar-refractivity contribution is 6.04. The van der Waals surface area contributed by atoms with Gasteiger partial charge in [-0.1, -0.05) is 44.2 Å². The quantitative estimate of drug-likeness (QED) is 0.396. The number of nitrogens with one attached hydrogen (secondary N) is 1. The highest BCUT2D eigenvalue weighted by atomic mass is 16.5. The molecule has 1 saturated carbocycles. The van der Waals surface area contributed by atoms with Gasteiger partial charge in [-0.3, -0.25) is 9.69 Å². The average molecular weight is 509 g/mol. The number of esters is 1. The SMILES string of the molecule is COC(=O)c1ccc(-c2ccc(NC(=O)c3ccc4c(c3)[C@@]3(C)CCN(CC5CC5)C(C4)C3C)cc2)cc1. The molecule has 0 aromatic heterocycles. The first-order valence-electron chi connectivity index (χ1n) is 13.8. The van der Waals surface area contributed by atoms with Gasteiger partial charge in [0.15, 0.2) is 0 Å². The Labute approximate surface area is 225 Å². The van der Waals surface area contributed by atoms with Crippen molar-refractivity contribution in [2.45, 2.75) is 51.0 Å². The molecule has 1 amide bonds. The Balaban J connectivity index is 1.17. The summed E-state index contributed by atoms with van der Waals surface area (Å²) in [4.78, 5) is 27.7. The van der Waals surface area contributed by atoms with E-state index in [4.69, 9.17) is 4.74 Å². The summed E-state index contributed by atoms with van der Waals surface area (Å²) >= 11 is 0. The molecule has 38 heavy (non-hydrogen) atoms. The zero-order valence-corrected chi connectivity index (χ0v) is 22.5. The van der Waals surface area contributed by atoms with Crippen LogP contribution in [0.2, 0.25) is 0 Å². The third kappa shape index (κ3) is 4.54. The second kappa shape index (κ2) is 9.70. The number of carbonyl (C=O) groups excluding carboxylic acids is 2. The van der Waals surface area contributed by atoms with E-state index in [0.29, 0.717) is 17.5 Å². The van der Waals surface area contributed by atoms with Crippen LogP contribution in [0.4, 0.5) is 5.69 Å². The molecule has 3 atom stereocenters. The van der Waals surface area contributed by atoms with E-state index in [1.165, 1.54) is 37.6 Å². The van der Waals surface area contributed by atoms with Crippen molar-refractivity contribution in [2.75, 3.05) is 25.5 Å². The Morgan fingerprint density at radius 3 is 2.29 bits per heavy atom. The topological polar surface area (TPSA) is 58.6 Å². The van der Waals surface area contributed by atoms with Gasteiger partial charge in [-0.15, -0.1) is 0 Å². The fraction of sp³-hybridized carbons (Fsp3) is 0.394. The standard InChI is InChI=1S/C33H36N2O3/c1-21-30-19-26-10-11-27(18-29(26)33(21,2)16-17-35(30)20-22-4-5-22)31(36)34-28-14-12-24(13-15-28)23-6-8-25(9-7-23)32(37)38-3/h6-15,18,21-22,30H,4-5,16-17,19-20H2,1-3H3,(H,34,36)/t21?,30?,33-/m0/s1. The molecule has 1 heterocycles. The number of benzene rings is 3. The highest BCUT2D eigenvalue weighted by Crippen LogP contribution is 2.49. The number of anilines is 1. The maximum absolute atomic E-state index is 13.3. The number of ether oxygens (including phenoxy) is 1. The van der Waals surface area contributed by atoms with Crippen molar-refractivity contribution >= 4 is 17.6 Å². The summed E-state index contributed by atoms with van der Waals surface area (Å²) in [7, 11) is 1.38. The lowest BCUT2D eigenvalue weighted by molar-refractivity contribution is 0.0284. The summed E-state index contributed by atoms with van der Waals surface area (Å²) in [6, 6.07) is 22.1. The van der Waals surface area contributed by atoms with Crippen LogP contribution in [0.5, 0.6) is 0 Å². The molecule has 0 spiro atoms. The van der Waals surface area contributed by atoms with Crippen LogP contribution in [0.15, 0.2) is 66.7 Å². The van der Waals surface area contributed by atoms with Gasteiger partial charge in [0.25, 0.3) is 5.91 Å². The number of methoxy groups -OCH3 is 1. The fourth-order valence-corrected chi connectivity index (χ4v) is 6.57. The molecule has 2 fully saturated rings. The van der Waals surface area contributed by atoms with E-state index in [9.17, 15) is 9.59 Å². The molecule has 2 bridgehead atoms. The van der Waals surface area contributed by atoms with Gasteiger partial charge >= 0.3 is 5.97 Å². The van der Waals surface area contributed by atoms with Crippen LogP contribution in [0.3, 0.4) is 0 Å². The molecule has 196 valence electrons. The summed E-state index contributed by atoms with van der Waals surface area (Å²) in [5, 5.41) is 3.08. The second-order valence-electron chi connectivity index (χ2n) is 11.6. The average Bonchev–Trinajstić information content (AvgIpc) is 3.76. The molecular formula is C33H36N2O3. The Morgan fingerprint density at radius 2 is 1.63 bits per heavy atom. The molecule has 1 saturated heterocycles. The van der Waals surface area contributed by atoms with E-state index in [1.54, 1.807) is 12.1 Å². The predicted octanol–water partition coefficient (Wildman–Crippen LogP) is 6.33. The zero-order valence-electron chi connectivity index (χ0n) is 22.5. The van der Waals surface area contributed by atoms with Crippen LogP contribution >= 0.6 is 0 Å². The lowest BCUT2D eigenvalue weighted by Gasteiger charge is -2.55. The smallest absolute Gasteiger partial charge is 0.337 e. The van der Waals surface area contributed by atoms with Crippen LogP contribution in [0.1, 0.15) is 65.0 Å². The van der Waals surface area contributed by atoms with E-state index in [1.807, 2.05) is 42.5 Å². The third-order valence-electron chi connectivity index (χ3n) is 9.36. The van der Waals surface area contributed by atoms with Crippen molar-refractivity contribution in [3.8, 4) is 11.1 Å². The second-order valence-corrected chi connectivity index (χ2v) is 11.6. The number of rotatable bonds is 6. The van der Waals surface area contributed by atoms with E-state index in [0.717, 1.165) is 47.7 Å². The van der Waals surface area contributed by atoms with Gasteiger partial charge in [0.1, 0.15) is 0 Å². The van der Waals surface area contributed by atoms with Crippen molar-refractivity contribution in [2.24, 2.45) is 11.8 Å². The number of hydrogen-bond donors (Lipinski definition) is 1. The molecule has 2 unspecified atom stereocenters. The minimum Gasteiger partial charge on any atom is -0.465 e. The van der Waals surface area contributed by atoms with Gasteiger partial charge in [-0.25, -0.2) is 4.79 Å². The van der Waals surface area contributed by atoms with Crippen molar-refractivity contribution in [1.29, 1.82) is 0 Å². The maximum atomic E-state index is 13.3. The third-order valence-corrected chi connectivity index (χ3v) is 9.36. The number of fused-ring (bicyclic) bond motifs is 4. The molecule has 1 N–H and O–H groups in total. The molecule has 3 aliphatic rings. The minimum absolute atomic E-state index is 0.0764. The number of carbonyl (C=O) groups is 2. The van der Waals surface area contributed by atoms with Gasteiger partial charge in [0, 0.05) is 23.8 Å². The van der Waals surface area contributed by atoms with Crippen molar-refractivity contribution in [3.05, 3.63) is 89.0 Å². The summed E-state index contributed by atoms with van der Waals surface area (Å²) in [6.07, 6.45) is 5.04. The van der Waals surface area contributed by atoms with Gasteiger partial charge < -0.3 is 10.1 Å². The van der Waals surface area contributed by atoms with Gasteiger partial charge in [-0.2, -0.15) is 0 Å². The summed E-state index contributed by atoms with van der Waals surface area (Å²) in [5.41, 5.74) is 6.90.